The Bertz CT molecular complexity index is 3110. The van der Waals surface area contributed by atoms with Gasteiger partial charge in [-0.05, 0) is 70.8 Å². The van der Waals surface area contributed by atoms with Crippen LogP contribution >= 0.6 is 0 Å². The first-order valence-corrected chi connectivity index (χ1v) is 18.7. The van der Waals surface area contributed by atoms with Crippen molar-refractivity contribution in [3.05, 3.63) is 206 Å². The molecule has 4 heteroatoms. The molecule has 3 aromatic heterocycles. The van der Waals surface area contributed by atoms with E-state index in [0.717, 1.165) is 39.6 Å². The van der Waals surface area contributed by atoms with Gasteiger partial charge in [-0.3, -0.25) is 9.13 Å². The number of imidazole rings is 1. The molecule has 11 aromatic rings. The van der Waals surface area contributed by atoms with Crippen molar-refractivity contribution in [2.24, 2.45) is 0 Å². The van der Waals surface area contributed by atoms with E-state index in [9.17, 15) is 0 Å². The van der Waals surface area contributed by atoms with Gasteiger partial charge in [0.15, 0.2) is 5.82 Å². The number of nitrogens with zero attached hydrogens (tertiary/aromatic N) is 4. The van der Waals surface area contributed by atoms with Crippen LogP contribution in [0, 0.1) is 0 Å². The van der Waals surface area contributed by atoms with E-state index < -0.39 is 0 Å². The van der Waals surface area contributed by atoms with Gasteiger partial charge < -0.3 is 4.57 Å². The number of fused-ring (bicyclic) bond motifs is 6. The third-order valence-electron chi connectivity index (χ3n) is 10.9. The van der Waals surface area contributed by atoms with Gasteiger partial charge in [0.25, 0.3) is 0 Å². The Labute approximate surface area is 318 Å². The Kier molecular flexibility index (Phi) is 7.14. The lowest BCUT2D eigenvalue weighted by Crippen LogP contribution is -1.95. The van der Waals surface area contributed by atoms with Crippen LogP contribution in [0.1, 0.15) is 0 Å². The molecule has 3 heterocycles. The molecule has 0 aliphatic carbocycles. The molecule has 11 rings (SSSR count). The van der Waals surface area contributed by atoms with Gasteiger partial charge in [-0.15, -0.1) is 0 Å². The van der Waals surface area contributed by atoms with Crippen molar-refractivity contribution in [1.29, 1.82) is 0 Å². The van der Waals surface area contributed by atoms with Crippen LogP contribution in [0.4, 0.5) is 0 Å². The molecule has 4 nitrogen and oxygen atoms in total. The molecule has 0 atom stereocenters. The lowest BCUT2D eigenvalue weighted by atomic mass is 10.00. The Morgan fingerprint density at radius 3 is 1.44 bits per heavy atom. The zero-order chi connectivity index (χ0) is 36.3. The molecule has 0 saturated heterocycles. The summed E-state index contributed by atoms with van der Waals surface area (Å²) in [5.41, 5.74) is 12.7. The second-order valence-electron chi connectivity index (χ2n) is 14.1. The van der Waals surface area contributed by atoms with Gasteiger partial charge in [-0.2, -0.15) is 0 Å². The fraction of sp³-hybridized carbons (Fsp3) is 0. The standard InChI is InChI=1S/C51H34N4/c1-4-15-35(16-5-1)36-27-29-37(30-28-36)39-19-14-22-41(31-39)54-46-25-12-10-23-42(46)44-33-49-45(32-48(44)54)43-24-11-13-26-47(43)55(49)50-34-53(40-20-8-3-9-21-40)51(52-50)38-17-6-2-7-18-38/h1-34H. The van der Waals surface area contributed by atoms with Crippen molar-refractivity contribution in [2.45, 2.75) is 0 Å². The normalized spacial score (nSPS) is 11.6. The van der Waals surface area contributed by atoms with Crippen molar-refractivity contribution in [1.82, 2.24) is 18.7 Å². The Balaban J connectivity index is 1.12. The highest BCUT2D eigenvalue weighted by Crippen LogP contribution is 2.40. The maximum Gasteiger partial charge on any atom is 0.156 e. The number of aromatic nitrogens is 4. The molecule has 0 radical (unpaired) electrons. The highest BCUT2D eigenvalue weighted by molar-refractivity contribution is 6.19. The Morgan fingerprint density at radius 1 is 0.309 bits per heavy atom. The third-order valence-corrected chi connectivity index (χ3v) is 10.9. The monoisotopic (exact) mass is 702 g/mol. The molecular formula is C51H34N4. The van der Waals surface area contributed by atoms with Gasteiger partial charge in [0.05, 0.1) is 28.3 Å². The first-order chi connectivity index (χ1) is 27.3. The average Bonchev–Trinajstić information content (AvgIpc) is 3.94. The zero-order valence-electron chi connectivity index (χ0n) is 29.9. The van der Waals surface area contributed by atoms with Gasteiger partial charge in [0.1, 0.15) is 5.82 Å². The zero-order valence-corrected chi connectivity index (χ0v) is 29.9. The molecule has 0 amide bonds. The molecule has 0 N–H and O–H groups in total. The van der Waals surface area contributed by atoms with E-state index in [2.05, 4.69) is 214 Å². The smallest absolute Gasteiger partial charge is 0.156 e. The average molecular weight is 703 g/mol. The van der Waals surface area contributed by atoms with E-state index in [4.69, 9.17) is 4.98 Å². The summed E-state index contributed by atoms with van der Waals surface area (Å²) in [5.74, 6) is 1.78. The Morgan fingerprint density at radius 2 is 0.782 bits per heavy atom. The fourth-order valence-electron chi connectivity index (χ4n) is 8.32. The number of para-hydroxylation sites is 3. The van der Waals surface area contributed by atoms with E-state index in [1.54, 1.807) is 0 Å². The van der Waals surface area contributed by atoms with Crippen LogP contribution < -0.4 is 0 Å². The highest BCUT2D eigenvalue weighted by atomic mass is 15.2. The quantitative estimate of drug-likeness (QED) is 0.169. The van der Waals surface area contributed by atoms with Gasteiger partial charge in [0.2, 0.25) is 0 Å². The van der Waals surface area contributed by atoms with Gasteiger partial charge in [-0.25, -0.2) is 4.98 Å². The minimum absolute atomic E-state index is 0.878. The van der Waals surface area contributed by atoms with Gasteiger partial charge >= 0.3 is 0 Å². The minimum Gasteiger partial charge on any atom is -0.309 e. The van der Waals surface area contributed by atoms with Crippen LogP contribution in [-0.4, -0.2) is 18.7 Å². The van der Waals surface area contributed by atoms with Gasteiger partial charge in [-0.1, -0.05) is 152 Å². The van der Waals surface area contributed by atoms with Crippen LogP contribution in [0.2, 0.25) is 0 Å². The van der Waals surface area contributed by atoms with E-state index in [1.807, 2.05) is 6.07 Å². The van der Waals surface area contributed by atoms with Crippen LogP contribution in [0.25, 0.3) is 94.4 Å². The topological polar surface area (TPSA) is 27.7 Å². The summed E-state index contributed by atoms with van der Waals surface area (Å²) in [4.78, 5) is 5.38. The first-order valence-electron chi connectivity index (χ1n) is 18.7. The lowest BCUT2D eigenvalue weighted by molar-refractivity contribution is 1.07. The highest BCUT2D eigenvalue weighted by Gasteiger charge is 2.21. The minimum atomic E-state index is 0.878. The van der Waals surface area contributed by atoms with Crippen LogP contribution in [-0.2, 0) is 0 Å². The summed E-state index contributed by atoms with van der Waals surface area (Å²) in [6.45, 7) is 0. The second kappa shape index (κ2) is 12.6. The van der Waals surface area contributed by atoms with Crippen molar-refractivity contribution in [3.63, 3.8) is 0 Å². The predicted molar refractivity (Wildman–Crippen MR) is 229 cm³/mol. The second-order valence-corrected chi connectivity index (χ2v) is 14.1. The fourth-order valence-corrected chi connectivity index (χ4v) is 8.32. The summed E-state index contributed by atoms with van der Waals surface area (Å²) < 4.78 is 6.97. The summed E-state index contributed by atoms with van der Waals surface area (Å²) in [5, 5.41) is 4.80. The predicted octanol–water partition coefficient (Wildman–Crippen LogP) is 13.1. The molecule has 0 spiro atoms. The Hall–Kier alpha value is -7.43. The number of hydrogen-bond donors (Lipinski definition) is 0. The van der Waals surface area contributed by atoms with Crippen LogP contribution in [0.15, 0.2) is 206 Å². The third kappa shape index (κ3) is 5.11. The number of hydrogen-bond acceptors (Lipinski definition) is 1. The first kappa shape index (κ1) is 31.1. The summed E-state index contributed by atoms with van der Waals surface area (Å²) in [6, 6.07) is 71.5. The van der Waals surface area contributed by atoms with Crippen molar-refractivity contribution in [3.8, 4) is 50.8 Å². The van der Waals surface area contributed by atoms with Crippen molar-refractivity contribution >= 4 is 43.6 Å². The molecule has 0 aliphatic heterocycles. The van der Waals surface area contributed by atoms with E-state index in [-0.39, 0.29) is 0 Å². The largest absolute Gasteiger partial charge is 0.309 e. The van der Waals surface area contributed by atoms with E-state index >= 15 is 0 Å². The van der Waals surface area contributed by atoms with E-state index in [0.29, 0.717) is 0 Å². The molecule has 0 aliphatic rings. The van der Waals surface area contributed by atoms with Crippen LogP contribution in [0.3, 0.4) is 0 Å². The molecule has 0 bridgehead atoms. The molecule has 8 aromatic carbocycles. The van der Waals surface area contributed by atoms with Crippen LogP contribution in [0.5, 0.6) is 0 Å². The van der Waals surface area contributed by atoms with E-state index in [1.165, 1.54) is 54.8 Å². The summed E-state index contributed by atoms with van der Waals surface area (Å²) in [6.07, 6.45) is 2.18. The molecule has 0 unspecified atom stereocenters. The number of rotatable bonds is 6. The maximum atomic E-state index is 5.38. The SMILES string of the molecule is c1ccc(-c2ccc(-c3cccc(-n4c5ccccc5c5cc6c(cc54)c4ccccc4n6-c4cn(-c5ccccc5)c(-c5ccccc5)n4)c3)cc2)cc1. The van der Waals surface area contributed by atoms with Crippen molar-refractivity contribution in [2.75, 3.05) is 0 Å². The lowest BCUT2D eigenvalue weighted by Gasteiger charge is -2.11. The van der Waals surface area contributed by atoms with Gasteiger partial charge in [0, 0.05) is 38.5 Å². The number of benzene rings is 8. The molecule has 0 saturated carbocycles. The summed E-state index contributed by atoms with van der Waals surface area (Å²) in [7, 11) is 0. The maximum absolute atomic E-state index is 5.38. The molecule has 258 valence electrons. The molecular weight excluding hydrogens is 669 g/mol. The molecule has 55 heavy (non-hydrogen) atoms. The van der Waals surface area contributed by atoms with Crippen molar-refractivity contribution < 1.29 is 0 Å². The molecule has 0 fully saturated rings. The summed E-state index contributed by atoms with van der Waals surface area (Å²) >= 11 is 0.